The standard InChI is InChI=1S/C13H23N3S/c1-3-11(2)14-8-12-10-17-13(15-12)9-16-6-4-5-7-16/h10-11,14H,3-9H2,1-2H3. The molecule has 1 saturated heterocycles. The Bertz CT molecular complexity index is 331. The van der Waals surface area contributed by atoms with E-state index in [4.69, 9.17) is 4.98 Å². The third-order valence-electron chi connectivity index (χ3n) is 3.40. The van der Waals surface area contributed by atoms with Crippen LogP contribution in [0.1, 0.15) is 43.8 Å². The third-order valence-corrected chi connectivity index (χ3v) is 4.28. The molecule has 0 radical (unpaired) electrons. The monoisotopic (exact) mass is 253 g/mol. The highest BCUT2D eigenvalue weighted by molar-refractivity contribution is 7.09. The van der Waals surface area contributed by atoms with Gasteiger partial charge in [0.1, 0.15) is 5.01 Å². The van der Waals surface area contributed by atoms with Crippen LogP contribution in [0.3, 0.4) is 0 Å². The first kappa shape index (κ1) is 13.0. The van der Waals surface area contributed by atoms with Gasteiger partial charge in [-0.1, -0.05) is 6.92 Å². The van der Waals surface area contributed by atoms with E-state index in [9.17, 15) is 0 Å². The zero-order valence-corrected chi connectivity index (χ0v) is 11.7. The van der Waals surface area contributed by atoms with Crippen LogP contribution in [0.2, 0.25) is 0 Å². The van der Waals surface area contributed by atoms with E-state index in [1.54, 1.807) is 11.3 Å². The van der Waals surface area contributed by atoms with Crippen molar-refractivity contribution in [3.8, 4) is 0 Å². The van der Waals surface area contributed by atoms with Gasteiger partial charge < -0.3 is 5.32 Å². The van der Waals surface area contributed by atoms with Gasteiger partial charge in [0.2, 0.25) is 0 Å². The molecule has 1 fully saturated rings. The Labute approximate surface area is 108 Å². The van der Waals surface area contributed by atoms with Crippen molar-refractivity contribution in [2.45, 2.75) is 52.2 Å². The Morgan fingerprint density at radius 1 is 1.47 bits per heavy atom. The lowest BCUT2D eigenvalue weighted by Crippen LogP contribution is -2.24. The normalized spacial score (nSPS) is 18.7. The van der Waals surface area contributed by atoms with Crippen LogP contribution < -0.4 is 5.32 Å². The molecule has 3 nitrogen and oxygen atoms in total. The zero-order chi connectivity index (χ0) is 12.1. The molecule has 1 atom stereocenters. The van der Waals surface area contributed by atoms with Gasteiger partial charge in [0.05, 0.1) is 12.2 Å². The number of rotatable bonds is 6. The summed E-state index contributed by atoms with van der Waals surface area (Å²) in [6.45, 7) is 8.88. The largest absolute Gasteiger partial charge is 0.309 e. The van der Waals surface area contributed by atoms with Gasteiger partial charge >= 0.3 is 0 Å². The van der Waals surface area contributed by atoms with E-state index in [0.29, 0.717) is 6.04 Å². The van der Waals surface area contributed by atoms with E-state index >= 15 is 0 Å². The van der Waals surface area contributed by atoms with Crippen LogP contribution in [0.25, 0.3) is 0 Å². The van der Waals surface area contributed by atoms with E-state index in [2.05, 4.69) is 29.4 Å². The first-order valence-corrected chi connectivity index (χ1v) is 7.55. The van der Waals surface area contributed by atoms with Crippen molar-refractivity contribution in [3.05, 3.63) is 16.1 Å². The minimum Gasteiger partial charge on any atom is -0.309 e. The molecule has 0 spiro atoms. The highest BCUT2D eigenvalue weighted by atomic mass is 32.1. The van der Waals surface area contributed by atoms with Gasteiger partial charge in [-0.05, 0) is 39.3 Å². The molecule has 1 aromatic rings. The molecule has 17 heavy (non-hydrogen) atoms. The van der Waals surface area contributed by atoms with Crippen molar-refractivity contribution in [2.24, 2.45) is 0 Å². The minimum absolute atomic E-state index is 0.582. The average Bonchev–Trinajstić information content (AvgIpc) is 2.98. The van der Waals surface area contributed by atoms with Crippen molar-refractivity contribution in [1.29, 1.82) is 0 Å². The summed E-state index contributed by atoms with van der Waals surface area (Å²) in [5.41, 5.74) is 1.20. The molecule has 0 aliphatic carbocycles. The van der Waals surface area contributed by atoms with Gasteiger partial charge in [-0.2, -0.15) is 0 Å². The summed E-state index contributed by atoms with van der Waals surface area (Å²) in [6, 6.07) is 0.582. The van der Waals surface area contributed by atoms with Crippen molar-refractivity contribution in [1.82, 2.24) is 15.2 Å². The topological polar surface area (TPSA) is 28.2 Å². The lowest BCUT2D eigenvalue weighted by atomic mass is 10.2. The summed E-state index contributed by atoms with van der Waals surface area (Å²) >= 11 is 1.80. The van der Waals surface area contributed by atoms with E-state index < -0.39 is 0 Å². The van der Waals surface area contributed by atoms with Gasteiger partial charge in [-0.25, -0.2) is 4.98 Å². The fourth-order valence-corrected chi connectivity index (χ4v) is 2.89. The summed E-state index contributed by atoms with van der Waals surface area (Å²) in [5.74, 6) is 0. The highest BCUT2D eigenvalue weighted by Gasteiger charge is 2.13. The average molecular weight is 253 g/mol. The molecule has 0 saturated carbocycles. The smallest absolute Gasteiger partial charge is 0.107 e. The molecule has 1 unspecified atom stereocenters. The molecular formula is C13H23N3S. The van der Waals surface area contributed by atoms with Crippen molar-refractivity contribution in [3.63, 3.8) is 0 Å². The summed E-state index contributed by atoms with van der Waals surface area (Å²) in [5, 5.41) is 6.95. The minimum atomic E-state index is 0.582. The van der Waals surface area contributed by atoms with Crippen molar-refractivity contribution < 1.29 is 0 Å². The van der Waals surface area contributed by atoms with Gasteiger partial charge in [0.15, 0.2) is 0 Å². The van der Waals surface area contributed by atoms with Crippen LogP contribution in [-0.4, -0.2) is 29.0 Å². The lowest BCUT2D eigenvalue weighted by Gasteiger charge is -2.11. The van der Waals surface area contributed by atoms with E-state index in [0.717, 1.165) is 13.1 Å². The predicted molar refractivity (Wildman–Crippen MR) is 73.2 cm³/mol. The maximum Gasteiger partial charge on any atom is 0.107 e. The van der Waals surface area contributed by atoms with Crippen LogP contribution in [0.5, 0.6) is 0 Å². The SMILES string of the molecule is CCC(C)NCc1csc(CN2CCCC2)n1. The van der Waals surface area contributed by atoms with Crippen LogP contribution in [0.15, 0.2) is 5.38 Å². The van der Waals surface area contributed by atoms with Crippen LogP contribution in [-0.2, 0) is 13.1 Å². The Kier molecular flexibility index (Phi) is 4.95. The lowest BCUT2D eigenvalue weighted by molar-refractivity contribution is 0.330. The van der Waals surface area contributed by atoms with Crippen LogP contribution in [0.4, 0.5) is 0 Å². The van der Waals surface area contributed by atoms with E-state index in [1.807, 2.05) is 0 Å². The maximum atomic E-state index is 4.69. The number of nitrogens with one attached hydrogen (secondary N) is 1. The number of likely N-dealkylation sites (tertiary alicyclic amines) is 1. The molecule has 1 N–H and O–H groups in total. The quantitative estimate of drug-likeness (QED) is 0.845. The predicted octanol–water partition coefficient (Wildman–Crippen LogP) is 2.63. The third kappa shape index (κ3) is 4.05. The highest BCUT2D eigenvalue weighted by Crippen LogP contribution is 2.16. The fourth-order valence-electron chi connectivity index (χ4n) is 2.06. The molecule has 0 bridgehead atoms. The van der Waals surface area contributed by atoms with Crippen molar-refractivity contribution >= 4 is 11.3 Å². The number of nitrogens with zero attached hydrogens (tertiary/aromatic N) is 2. The van der Waals surface area contributed by atoms with Gasteiger partial charge in [0, 0.05) is 18.0 Å². The summed E-state index contributed by atoms with van der Waals surface area (Å²) in [7, 11) is 0. The second kappa shape index (κ2) is 6.47. The molecule has 2 rings (SSSR count). The number of aromatic nitrogens is 1. The fraction of sp³-hybridized carbons (Fsp3) is 0.769. The summed E-state index contributed by atoms with van der Waals surface area (Å²) < 4.78 is 0. The maximum absolute atomic E-state index is 4.69. The molecule has 0 amide bonds. The van der Waals surface area contributed by atoms with E-state index in [-0.39, 0.29) is 0 Å². The molecule has 0 aromatic carbocycles. The molecule has 2 heterocycles. The Morgan fingerprint density at radius 3 is 2.94 bits per heavy atom. The second-order valence-corrected chi connectivity index (χ2v) is 5.85. The molecule has 4 heteroatoms. The van der Waals surface area contributed by atoms with Gasteiger partial charge in [-0.3, -0.25) is 4.90 Å². The Balaban J connectivity index is 1.78. The number of hydrogen-bond acceptors (Lipinski definition) is 4. The number of thiazole rings is 1. The second-order valence-electron chi connectivity index (χ2n) is 4.91. The number of hydrogen-bond donors (Lipinski definition) is 1. The molecule has 96 valence electrons. The Hall–Kier alpha value is -0.450. The molecule has 1 aliphatic rings. The van der Waals surface area contributed by atoms with Crippen LogP contribution in [0, 0.1) is 0 Å². The van der Waals surface area contributed by atoms with Crippen LogP contribution >= 0.6 is 11.3 Å². The van der Waals surface area contributed by atoms with Gasteiger partial charge in [0.25, 0.3) is 0 Å². The van der Waals surface area contributed by atoms with Crippen molar-refractivity contribution in [2.75, 3.05) is 13.1 Å². The molecular weight excluding hydrogens is 230 g/mol. The summed E-state index contributed by atoms with van der Waals surface area (Å²) in [4.78, 5) is 7.20. The van der Waals surface area contributed by atoms with E-state index in [1.165, 1.54) is 43.1 Å². The first-order valence-electron chi connectivity index (χ1n) is 6.67. The first-order chi connectivity index (χ1) is 8.28. The Morgan fingerprint density at radius 2 is 2.24 bits per heavy atom. The molecule has 1 aromatic heterocycles. The van der Waals surface area contributed by atoms with Gasteiger partial charge in [-0.15, -0.1) is 11.3 Å². The molecule has 1 aliphatic heterocycles. The zero-order valence-electron chi connectivity index (χ0n) is 10.9. The summed E-state index contributed by atoms with van der Waals surface area (Å²) in [6.07, 6.45) is 3.88.